The number of rotatable bonds is 4. The maximum absolute atomic E-state index is 13.5. The number of carbonyl (C=O) groups excluding carboxylic acids is 1. The monoisotopic (exact) mass is 538 g/mol. The van der Waals surface area contributed by atoms with Crippen molar-refractivity contribution in [3.05, 3.63) is 89.0 Å². The van der Waals surface area contributed by atoms with Gasteiger partial charge in [0.05, 0.1) is 11.3 Å². The highest BCUT2D eigenvalue weighted by atomic mass is 16.5. The highest BCUT2D eigenvalue weighted by molar-refractivity contribution is 5.95. The largest absolute Gasteiger partial charge is 0.492 e. The van der Waals surface area contributed by atoms with Crippen molar-refractivity contribution < 1.29 is 9.53 Å². The Balaban J connectivity index is 1.17. The number of aromatic nitrogens is 2. The minimum absolute atomic E-state index is 0.0917. The normalized spacial score (nSPS) is 20.2. The standard InChI is InChI=1S/C34H42N4O2/c1-26-30(23-35-32(36-26)29-14-15-29)33(39)38-19-17-34(18-20-38)16-8-7-12-28-11-5-6-13-31(28)40-22-21-37(25-34)24-27-9-3-2-4-10-27/h2-6,9-11,13,23,29H,7-8,12,14-22,24-25H2,1H3. The summed E-state index contributed by atoms with van der Waals surface area (Å²) >= 11 is 0. The Morgan fingerprint density at radius 1 is 0.975 bits per heavy atom. The zero-order valence-electron chi connectivity index (χ0n) is 23.9. The Hall–Kier alpha value is -3.25. The molecule has 0 bridgehead atoms. The summed E-state index contributed by atoms with van der Waals surface area (Å²) in [5.74, 6) is 2.53. The number of nitrogens with zero attached hydrogens (tertiary/aromatic N) is 4. The van der Waals surface area contributed by atoms with Gasteiger partial charge in [-0.15, -0.1) is 0 Å². The van der Waals surface area contributed by atoms with Crippen LogP contribution in [0.15, 0.2) is 60.8 Å². The van der Waals surface area contributed by atoms with Gasteiger partial charge in [0.1, 0.15) is 18.2 Å². The zero-order chi connectivity index (χ0) is 27.4. The van der Waals surface area contributed by atoms with Crippen molar-refractivity contribution in [3.63, 3.8) is 0 Å². The van der Waals surface area contributed by atoms with Gasteiger partial charge < -0.3 is 9.64 Å². The summed E-state index contributed by atoms with van der Waals surface area (Å²) < 4.78 is 6.33. The molecular formula is C34H42N4O2. The average Bonchev–Trinajstić information content (AvgIpc) is 3.82. The Morgan fingerprint density at radius 2 is 1.75 bits per heavy atom. The molecule has 1 amide bonds. The number of likely N-dealkylation sites (tertiary alicyclic amines) is 1. The number of para-hydroxylation sites is 1. The van der Waals surface area contributed by atoms with Crippen molar-refractivity contribution >= 4 is 5.91 Å². The predicted octanol–water partition coefficient (Wildman–Crippen LogP) is 6.19. The molecule has 6 rings (SSSR count). The molecule has 3 heterocycles. The SMILES string of the molecule is Cc1nc(C2CC2)ncc1C(=O)N1CCC2(CCCCc3ccccc3OCCN(Cc3ccccc3)C2)CC1. The maximum atomic E-state index is 13.5. The minimum Gasteiger partial charge on any atom is -0.492 e. The molecule has 0 unspecified atom stereocenters. The Morgan fingerprint density at radius 3 is 2.52 bits per heavy atom. The van der Waals surface area contributed by atoms with Crippen LogP contribution in [-0.4, -0.2) is 58.5 Å². The summed E-state index contributed by atoms with van der Waals surface area (Å²) in [5.41, 5.74) is 4.34. The third-order valence-electron chi connectivity index (χ3n) is 9.13. The van der Waals surface area contributed by atoms with Gasteiger partial charge in [0.15, 0.2) is 0 Å². The molecule has 1 aromatic heterocycles. The molecule has 1 saturated heterocycles. The summed E-state index contributed by atoms with van der Waals surface area (Å²) in [5, 5.41) is 0. The van der Waals surface area contributed by atoms with Gasteiger partial charge in [-0.3, -0.25) is 9.69 Å². The summed E-state index contributed by atoms with van der Waals surface area (Å²) in [6.07, 6.45) is 10.8. The van der Waals surface area contributed by atoms with Crippen LogP contribution in [0.4, 0.5) is 0 Å². The summed E-state index contributed by atoms with van der Waals surface area (Å²) in [6, 6.07) is 19.3. The molecule has 2 fully saturated rings. The quantitative estimate of drug-likeness (QED) is 0.396. The fourth-order valence-electron chi connectivity index (χ4n) is 6.56. The van der Waals surface area contributed by atoms with Crippen molar-refractivity contribution in [3.8, 4) is 5.75 Å². The van der Waals surface area contributed by atoms with E-state index >= 15 is 0 Å². The molecule has 2 aromatic carbocycles. The molecule has 6 nitrogen and oxygen atoms in total. The summed E-state index contributed by atoms with van der Waals surface area (Å²) in [7, 11) is 0. The second kappa shape index (κ2) is 12.1. The molecule has 2 aliphatic heterocycles. The van der Waals surface area contributed by atoms with Crippen LogP contribution in [0, 0.1) is 12.3 Å². The molecule has 1 spiro atoms. The van der Waals surface area contributed by atoms with E-state index in [9.17, 15) is 4.79 Å². The second-order valence-corrected chi connectivity index (χ2v) is 12.2. The van der Waals surface area contributed by atoms with Gasteiger partial charge in [-0.05, 0) is 74.5 Å². The van der Waals surface area contributed by atoms with E-state index in [0.717, 1.165) is 75.7 Å². The van der Waals surface area contributed by atoms with E-state index in [1.807, 2.05) is 11.8 Å². The molecular weight excluding hydrogens is 496 g/mol. The van der Waals surface area contributed by atoms with Crippen LogP contribution in [0.2, 0.25) is 0 Å². The van der Waals surface area contributed by atoms with Gasteiger partial charge in [-0.25, -0.2) is 9.97 Å². The zero-order valence-corrected chi connectivity index (χ0v) is 23.9. The highest BCUT2D eigenvalue weighted by Crippen LogP contribution is 2.40. The van der Waals surface area contributed by atoms with Gasteiger partial charge >= 0.3 is 0 Å². The first-order valence-electron chi connectivity index (χ1n) is 15.2. The molecule has 0 N–H and O–H groups in total. The molecule has 0 atom stereocenters. The molecule has 40 heavy (non-hydrogen) atoms. The van der Waals surface area contributed by atoms with Crippen molar-refractivity contribution in [2.24, 2.45) is 5.41 Å². The molecule has 1 aliphatic carbocycles. The van der Waals surface area contributed by atoms with Gasteiger partial charge in [-0.1, -0.05) is 55.0 Å². The average molecular weight is 539 g/mol. The van der Waals surface area contributed by atoms with Crippen molar-refractivity contribution in [1.82, 2.24) is 19.8 Å². The van der Waals surface area contributed by atoms with Gasteiger partial charge in [0.25, 0.3) is 5.91 Å². The smallest absolute Gasteiger partial charge is 0.257 e. The highest BCUT2D eigenvalue weighted by Gasteiger charge is 2.38. The van der Waals surface area contributed by atoms with Crippen molar-refractivity contribution in [1.29, 1.82) is 0 Å². The summed E-state index contributed by atoms with van der Waals surface area (Å²) in [6.45, 7) is 7.06. The van der Waals surface area contributed by atoms with Crippen LogP contribution in [0.3, 0.4) is 0 Å². The van der Waals surface area contributed by atoms with E-state index < -0.39 is 0 Å². The Labute approximate surface area is 238 Å². The minimum atomic E-state index is 0.0917. The lowest BCUT2D eigenvalue weighted by atomic mass is 9.73. The topological polar surface area (TPSA) is 58.6 Å². The van der Waals surface area contributed by atoms with E-state index in [1.165, 1.54) is 36.8 Å². The number of hydrogen-bond donors (Lipinski definition) is 0. The number of ether oxygens (including phenoxy) is 1. The fraction of sp³-hybridized carbons (Fsp3) is 0.500. The number of hydrogen-bond acceptors (Lipinski definition) is 5. The van der Waals surface area contributed by atoms with Crippen LogP contribution in [0.1, 0.15) is 83.9 Å². The number of fused-ring (bicyclic) bond motifs is 1. The van der Waals surface area contributed by atoms with E-state index in [2.05, 4.69) is 69.5 Å². The van der Waals surface area contributed by atoms with Crippen LogP contribution < -0.4 is 4.74 Å². The predicted molar refractivity (Wildman–Crippen MR) is 158 cm³/mol. The number of benzene rings is 2. The van der Waals surface area contributed by atoms with Gasteiger partial charge in [0, 0.05) is 44.8 Å². The number of aryl methyl sites for hydroxylation is 2. The lowest BCUT2D eigenvalue weighted by Crippen LogP contribution is -2.48. The van der Waals surface area contributed by atoms with Crippen LogP contribution in [0.5, 0.6) is 5.75 Å². The third-order valence-corrected chi connectivity index (χ3v) is 9.13. The lowest BCUT2D eigenvalue weighted by Gasteiger charge is -2.45. The first-order valence-corrected chi connectivity index (χ1v) is 15.2. The van der Waals surface area contributed by atoms with Gasteiger partial charge in [-0.2, -0.15) is 0 Å². The van der Waals surface area contributed by atoms with Crippen LogP contribution in [0.25, 0.3) is 0 Å². The number of carbonyl (C=O) groups is 1. The Kier molecular flexibility index (Phi) is 8.15. The van der Waals surface area contributed by atoms with Crippen LogP contribution in [-0.2, 0) is 13.0 Å². The van der Waals surface area contributed by atoms with Gasteiger partial charge in [0.2, 0.25) is 0 Å². The lowest BCUT2D eigenvalue weighted by molar-refractivity contribution is 0.0360. The molecule has 3 aliphatic rings. The molecule has 3 aromatic rings. The third kappa shape index (κ3) is 6.38. The van der Waals surface area contributed by atoms with E-state index in [4.69, 9.17) is 4.74 Å². The molecule has 0 radical (unpaired) electrons. The van der Waals surface area contributed by atoms with E-state index in [-0.39, 0.29) is 11.3 Å². The maximum Gasteiger partial charge on any atom is 0.257 e. The first-order chi connectivity index (χ1) is 19.6. The summed E-state index contributed by atoms with van der Waals surface area (Å²) in [4.78, 5) is 27.4. The van der Waals surface area contributed by atoms with E-state index in [1.54, 1.807) is 6.20 Å². The first kappa shape index (κ1) is 26.9. The number of amides is 1. The molecule has 1 saturated carbocycles. The Bertz CT molecular complexity index is 1300. The second-order valence-electron chi connectivity index (χ2n) is 12.2. The van der Waals surface area contributed by atoms with Crippen molar-refractivity contribution in [2.45, 2.75) is 70.8 Å². The van der Waals surface area contributed by atoms with Crippen molar-refractivity contribution in [2.75, 3.05) is 32.8 Å². The molecule has 6 heteroatoms. The fourth-order valence-corrected chi connectivity index (χ4v) is 6.56. The molecule has 210 valence electrons. The number of piperidine rings is 1. The van der Waals surface area contributed by atoms with E-state index in [0.29, 0.717) is 18.1 Å². The van der Waals surface area contributed by atoms with Crippen LogP contribution >= 0.6 is 0 Å².